The number of anilines is 1. The number of hydrogen-bond donors (Lipinski definition) is 1. The molecule has 0 aliphatic heterocycles. The topological polar surface area (TPSA) is 83.1 Å². The van der Waals surface area contributed by atoms with Crippen molar-refractivity contribution in [2.75, 3.05) is 32.8 Å². The number of amides is 1. The molecule has 7 nitrogen and oxygen atoms in total. The van der Waals surface area contributed by atoms with Gasteiger partial charge in [-0.05, 0) is 55.3 Å². The Kier molecular flexibility index (Phi) is 8.09. The summed E-state index contributed by atoms with van der Waals surface area (Å²) in [6.45, 7) is 3.89. The van der Waals surface area contributed by atoms with Crippen molar-refractivity contribution in [1.82, 2.24) is 0 Å². The van der Waals surface area contributed by atoms with Crippen LogP contribution >= 0.6 is 0 Å². The highest BCUT2D eigenvalue weighted by Crippen LogP contribution is 2.28. The van der Waals surface area contributed by atoms with Gasteiger partial charge in [0.1, 0.15) is 5.75 Å². The van der Waals surface area contributed by atoms with E-state index in [1.54, 1.807) is 43.5 Å². The van der Waals surface area contributed by atoms with Gasteiger partial charge in [-0.15, -0.1) is 0 Å². The number of ether oxygens (including phenoxy) is 4. The van der Waals surface area contributed by atoms with Gasteiger partial charge < -0.3 is 24.3 Å². The number of rotatable bonds is 9. The van der Waals surface area contributed by atoms with E-state index in [4.69, 9.17) is 18.9 Å². The summed E-state index contributed by atoms with van der Waals surface area (Å²) in [5.41, 5.74) is 2.22. The fourth-order valence-corrected chi connectivity index (χ4v) is 2.52. The van der Waals surface area contributed by atoms with Crippen LogP contribution in [0.3, 0.4) is 0 Å². The van der Waals surface area contributed by atoms with Gasteiger partial charge in [0.05, 0.1) is 26.5 Å². The Morgan fingerprint density at radius 1 is 1.00 bits per heavy atom. The summed E-state index contributed by atoms with van der Waals surface area (Å²) < 4.78 is 20.9. The van der Waals surface area contributed by atoms with Crippen LogP contribution in [0.5, 0.6) is 17.2 Å². The van der Waals surface area contributed by atoms with Gasteiger partial charge in [0.2, 0.25) is 0 Å². The first-order valence-corrected chi connectivity index (χ1v) is 9.07. The number of carbonyl (C=O) groups excluding carboxylic acids is 2. The van der Waals surface area contributed by atoms with Crippen molar-refractivity contribution in [2.45, 2.75) is 13.8 Å². The van der Waals surface area contributed by atoms with Gasteiger partial charge in [-0.2, -0.15) is 0 Å². The molecule has 0 aliphatic carbocycles. The van der Waals surface area contributed by atoms with Crippen LogP contribution < -0.4 is 19.5 Å². The molecule has 0 saturated carbocycles. The van der Waals surface area contributed by atoms with Gasteiger partial charge in [0.25, 0.3) is 5.91 Å². The second-order valence-electron chi connectivity index (χ2n) is 6.04. The first-order chi connectivity index (χ1) is 14.0. The molecule has 2 aromatic carbocycles. The summed E-state index contributed by atoms with van der Waals surface area (Å²) in [6.07, 6.45) is 2.82. The maximum absolute atomic E-state index is 12.1. The van der Waals surface area contributed by atoms with Crippen LogP contribution in [-0.2, 0) is 14.3 Å². The molecule has 0 spiro atoms. The molecule has 1 amide bonds. The van der Waals surface area contributed by atoms with Crippen LogP contribution in [0.15, 0.2) is 42.5 Å². The van der Waals surface area contributed by atoms with Gasteiger partial charge in [-0.3, -0.25) is 4.79 Å². The monoisotopic (exact) mass is 399 g/mol. The minimum Gasteiger partial charge on any atom is -0.495 e. The Labute approximate surface area is 170 Å². The van der Waals surface area contributed by atoms with Gasteiger partial charge in [0.15, 0.2) is 18.1 Å². The lowest BCUT2D eigenvalue weighted by Gasteiger charge is -2.11. The lowest BCUT2D eigenvalue weighted by atomic mass is 10.2. The molecule has 0 aliphatic rings. The summed E-state index contributed by atoms with van der Waals surface area (Å²) in [5.74, 6) is 0.619. The molecular weight excluding hydrogens is 374 g/mol. The van der Waals surface area contributed by atoms with E-state index in [9.17, 15) is 9.59 Å². The van der Waals surface area contributed by atoms with Crippen molar-refractivity contribution < 1.29 is 28.5 Å². The van der Waals surface area contributed by atoms with Crippen LogP contribution in [0, 0.1) is 6.92 Å². The molecule has 0 bridgehead atoms. The minimum absolute atomic E-state index is 0.410. The molecule has 0 aromatic heterocycles. The third-order valence-electron chi connectivity index (χ3n) is 3.87. The van der Waals surface area contributed by atoms with E-state index in [-0.39, 0.29) is 0 Å². The predicted octanol–water partition coefficient (Wildman–Crippen LogP) is 3.61. The third kappa shape index (κ3) is 6.57. The van der Waals surface area contributed by atoms with Crippen molar-refractivity contribution in [3.8, 4) is 17.2 Å². The molecule has 0 heterocycles. The van der Waals surface area contributed by atoms with Crippen LogP contribution in [0.2, 0.25) is 0 Å². The zero-order valence-electron chi connectivity index (χ0n) is 17.0. The molecule has 29 heavy (non-hydrogen) atoms. The van der Waals surface area contributed by atoms with E-state index < -0.39 is 18.5 Å². The highest BCUT2D eigenvalue weighted by Gasteiger charge is 2.10. The smallest absolute Gasteiger partial charge is 0.331 e. The summed E-state index contributed by atoms with van der Waals surface area (Å²) in [7, 11) is 3.06. The van der Waals surface area contributed by atoms with E-state index in [0.717, 1.165) is 11.1 Å². The number of benzene rings is 2. The second kappa shape index (κ2) is 10.8. The number of hydrogen-bond acceptors (Lipinski definition) is 6. The lowest BCUT2D eigenvalue weighted by molar-refractivity contribution is -0.142. The lowest BCUT2D eigenvalue weighted by Crippen LogP contribution is -2.20. The molecule has 0 fully saturated rings. The van der Waals surface area contributed by atoms with Crippen molar-refractivity contribution in [1.29, 1.82) is 0 Å². The van der Waals surface area contributed by atoms with Crippen molar-refractivity contribution in [2.24, 2.45) is 0 Å². The summed E-state index contributed by atoms with van der Waals surface area (Å²) in [4.78, 5) is 24.0. The van der Waals surface area contributed by atoms with Crippen LogP contribution in [-0.4, -0.2) is 39.3 Å². The van der Waals surface area contributed by atoms with Gasteiger partial charge in [-0.25, -0.2) is 4.79 Å². The molecule has 2 aromatic rings. The average molecular weight is 399 g/mol. The quantitative estimate of drug-likeness (QED) is 0.512. The zero-order chi connectivity index (χ0) is 21.2. The Hall–Kier alpha value is -3.48. The molecule has 0 atom stereocenters. The Bertz CT molecular complexity index is 891. The first kappa shape index (κ1) is 21.8. The Balaban J connectivity index is 1.91. The SMILES string of the molecule is CCOc1ccc(/C=C/C(=O)OCC(=O)Nc2cc(C)ccc2OC)cc1OC. The third-order valence-corrected chi connectivity index (χ3v) is 3.87. The number of carbonyl (C=O) groups is 2. The molecule has 0 radical (unpaired) electrons. The number of nitrogens with one attached hydrogen (secondary N) is 1. The highest BCUT2D eigenvalue weighted by molar-refractivity contribution is 5.95. The molecule has 0 saturated heterocycles. The largest absolute Gasteiger partial charge is 0.495 e. The zero-order valence-corrected chi connectivity index (χ0v) is 17.0. The van der Waals surface area contributed by atoms with E-state index >= 15 is 0 Å². The summed E-state index contributed by atoms with van der Waals surface area (Å²) in [6, 6.07) is 10.7. The van der Waals surface area contributed by atoms with Crippen molar-refractivity contribution >= 4 is 23.6 Å². The standard InChI is InChI=1S/C22H25NO6/c1-5-28-19-10-7-16(13-20(19)27-4)8-11-22(25)29-14-21(24)23-17-12-15(2)6-9-18(17)26-3/h6-13H,5,14H2,1-4H3,(H,23,24)/b11-8+. The van der Waals surface area contributed by atoms with Gasteiger partial charge in [-0.1, -0.05) is 12.1 Å². The molecule has 7 heteroatoms. The Morgan fingerprint density at radius 2 is 1.72 bits per heavy atom. The van der Waals surface area contributed by atoms with Gasteiger partial charge in [0, 0.05) is 6.08 Å². The van der Waals surface area contributed by atoms with Crippen LogP contribution in [0.4, 0.5) is 5.69 Å². The predicted molar refractivity (Wildman–Crippen MR) is 111 cm³/mol. The van der Waals surface area contributed by atoms with E-state index in [2.05, 4.69) is 5.32 Å². The van der Waals surface area contributed by atoms with Crippen molar-refractivity contribution in [3.63, 3.8) is 0 Å². The number of methoxy groups -OCH3 is 2. The van der Waals surface area contributed by atoms with Crippen LogP contribution in [0.25, 0.3) is 6.08 Å². The number of esters is 1. The minimum atomic E-state index is -0.635. The molecule has 2 rings (SSSR count). The number of aryl methyl sites for hydroxylation is 1. The average Bonchev–Trinajstić information content (AvgIpc) is 2.71. The molecule has 0 unspecified atom stereocenters. The van der Waals surface area contributed by atoms with E-state index in [1.807, 2.05) is 19.9 Å². The maximum atomic E-state index is 12.1. The molecule has 1 N–H and O–H groups in total. The van der Waals surface area contributed by atoms with E-state index in [1.165, 1.54) is 13.2 Å². The fourth-order valence-electron chi connectivity index (χ4n) is 2.52. The Morgan fingerprint density at radius 3 is 2.41 bits per heavy atom. The fraction of sp³-hybridized carbons (Fsp3) is 0.273. The van der Waals surface area contributed by atoms with Gasteiger partial charge >= 0.3 is 5.97 Å². The normalized spacial score (nSPS) is 10.5. The first-order valence-electron chi connectivity index (χ1n) is 9.07. The summed E-state index contributed by atoms with van der Waals surface area (Å²) >= 11 is 0. The van der Waals surface area contributed by atoms with Crippen molar-refractivity contribution in [3.05, 3.63) is 53.6 Å². The maximum Gasteiger partial charge on any atom is 0.331 e. The second-order valence-corrected chi connectivity index (χ2v) is 6.04. The summed E-state index contributed by atoms with van der Waals surface area (Å²) in [5, 5.41) is 2.67. The molecular formula is C22H25NO6. The van der Waals surface area contributed by atoms with E-state index in [0.29, 0.717) is 29.5 Å². The highest BCUT2D eigenvalue weighted by atomic mass is 16.5. The molecule has 154 valence electrons. The van der Waals surface area contributed by atoms with Crippen LogP contribution in [0.1, 0.15) is 18.1 Å².